The molecule has 0 radical (unpaired) electrons. The first-order chi connectivity index (χ1) is 19.7. The summed E-state index contributed by atoms with van der Waals surface area (Å²) in [6, 6.07) is 0. The zero-order valence-electron chi connectivity index (χ0n) is 24.2. The maximum atomic E-state index is 13.5. The van der Waals surface area contributed by atoms with Crippen LogP contribution in [0.4, 0.5) is 11.4 Å². The average molecular weight is 605 g/mol. The molecule has 2 aromatic rings. The van der Waals surface area contributed by atoms with Crippen molar-refractivity contribution in [2.45, 2.75) is 52.4 Å². The number of hydrogen-bond acceptors (Lipinski definition) is 8. The number of quaternary nitrogens is 1. The molecule has 0 unspecified atom stereocenters. The van der Waals surface area contributed by atoms with Crippen LogP contribution in [0.2, 0.25) is 0 Å². The summed E-state index contributed by atoms with van der Waals surface area (Å²) in [4.78, 5) is 53.0. The Morgan fingerprint density at radius 3 is 1.98 bits per heavy atom. The molecule has 2 aliphatic rings. The van der Waals surface area contributed by atoms with Crippen molar-refractivity contribution in [3.05, 3.63) is 31.6 Å². The van der Waals surface area contributed by atoms with Gasteiger partial charge in [-0.1, -0.05) is 0 Å². The van der Waals surface area contributed by atoms with Crippen molar-refractivity contribution in [3.63, 3.8) is 0 Å². The van der Waals surface area contributed by atoms with Crippen LogP contribution in [0.1, 0.15) is 69.0 Å². The van der Waals surface area contributed by atoms with E-state index in [0.717, 1.165) is 62.7 Å². The molecule has 4 rings (SSSR count). The first-order valence-electron chi connectivity index (χ1n) is 14.4. The third kappa shape index (κ3) is 8.15. The van der Waals surface area contributed by atoms with Crippen LogP contribution < -0.4 is 21.3 Å². The van der Waals surface area contributed by atoms with Crippen molar-refractivity contribution in [1.29, 1.82) is 0 Å². The molecule has 41 heavy (non-hydrogen) atoms. The number of esters is 1. The summed E-state index contributed by atoms with van der Waals surface area (Å²) in [6.45, 7) is 7.96. The van der Waals surface area contributed by atoms with Gasteiger partial charge in [0.25, 0.3) is 17.7 Å². The molecule has 0 aromatic carbocycles. The molecule has 0 aliphatic carbocycles. The standard InChI is InChI=1S/C29H41N5O5S2/c1-19-17-40-26(28(37)31-14-21-8-10-30-11-9-21)24(19)32-22(35)15-34(12-6-4-5-7-13-34)16-23(36)33-25-20(2)18-41-27(25)29(38)39-3/h17-18,21,30H,4-16H2,1-3H3,(H2-,31,32,33,35,36,37,38)/p+1. The highest BCUT2D eigenvalue weighted by Gasteiger charge is 2.35. The molecule has 0 bridgehead atoms. The summed E-state index contributed by atoms with van der Waals surface area (Å²) in [6.07, 6.45) is 6.04. The number of anilines is 2. The quantitative estimate of drug-likeness (QED) is 0.241. The minimum atomic E-state index is -0.488. The fourth-order valence-electron chi connectivity index (χ4n) is 5.71. The molecule has 2 saturated heterocycles. The minimum Gasteiger partial charge on any atom is -0.465 e. The van der Waals surface area contributed by atoms with Crippen molar-refractivity contribution in [2.75, 3.05) is 63.6 Å². The van der Waals surface area contributed by atoms with Crippen LogP contribution in [-0.4, -0.2) is 81.1 Å². The monoisotopic (exact) mass is 604 g/mol. The maximum absolute atomic E-state index is 13.5. The molecule has 10 nitrogen and oxygen atoms in total. The largest absolute Gasteiger partial charge is 0.465 e. The summed E-state index contributed by atoms with van der Waals surface area (Å²) in [5, 5.41) is 16.1. The Kier molecular flexibility index (Phi) is 10.9. The number of amides is 3. The number of piperidine rings is 1. The summed E-state index contributed by atoms with van der Waals surface area (Å²) >= 11 is 2.57. The Hall–Kier alpha value is -2.80. The van der Waals surface area contributed by atoms with E-state index in [2.05, 4.69) is 21.3 Å². The SMILES string of the molecule is COC(=O)c1scc(C)c1NC(=O)C[N+]1(CC(=O)Nc2c(C)csc2C(=O)NCC2CCNCC2)CCCCCC1. The Labute approximate surface area is 249 Å². The highest BCUT2D eigenvalue weighted by atomic mass is 32.1. The topological polar surface area (TPSA) is 126 Å². The van der Waals surface area contributed by atoms with E-state index in [1.54, 1.807) is 0 Å². The highest BCUT2D eigenvalue weighted by molar-refractivity contribution is 7.13. The van der Waals surface area contributed by atoms with E-state index in [1.165, 1.54) is 29.8 Å². The first kappa shape index (κ1) is 31.1. The predicted octanol–water partition coefficient (Wildman–Crippen LogP) is 3.91. The molecule has 224 valence electrons. The molecule has 0 spiro atoms. The van der Waals surface area contributed by atoms with E-state index < -0.39 is 5.97 Å². The molecule has 0 atom stereocenters. The normalized spacial score (nSPS) is 17.3. The van der Waals surface area contributed by atoms with E-state index in [-0.39, 0.29) is 30.8 Å². The maximum Gasteiger partial charge on any atom is 0.350 e. The molecule has 3 amide bonds. The Balaban J connectivity index is 1.44. The second-order valence-corrected chi connectivity index (χ2v) is 13.0. The molecule has 2 fully saturated rings. The van der Waals surface area contributed by atoms with Gasteiger partial charge in [-0.05, 0) is 93.3 Å². The average Bonchev–Trinajstić information content (AvgIpc) is 3.41. The Morgan fingerprint density at radius 1 is 0.878 bits per heavy atom. The number of methoxy groups -OCH3 is 1. The fraction of sp³-hybridized carbons (Fsp3) is 0.586. The third-order valence-electron chi connectivity index (χ3n) is 8.04. The lowest BCUT2D eigenvalue weighted by atomic mass is 9.98. The zero-order valence-corrected chi connectivity index (χ0v) is 25.9. The lowest BCUT2D eigenvalue weighted by Gasteiger charge is -2.36. The van der Waals surface area contributed by atoms with Crippen LogP contribution in [0.25, 0.3) is 0 Å². The summed E-state index contributed by atoms with van der Waals surface area (Å²) in [7, 11) is 1.32. The third-order valence-corrected chi connectivity index (χ3v) is 10.2. The molecule has 12 heteroatoms. The summed E-state index contributed by atoms with van der Waals surface area (Å²) < 4.78 is 5.20. The Morgan fingerprint density at radius 2 is 1.41 bits per heavy atom. The lowest BCUT2D eigenvalue weighted by molar-refractivity contribution is -0.912. The number of nitrogens with one attached hydrogen (secondary N) is 4. The second kappa shape index (κ2) is 14.4. The van der Waals surface area contributed by atoms with Gasteiger partial charge >= 0.3 is 5.97 Å². The lowest BCUT2D eigenvalue weighted by Crippen LogP contribution is -2.56. The van der Waals surface area contributed by atoms with Gasteiger partial charge in [-0.15, -0.1) is 22.7 Å². The van der Waals surface area contributed by atoms with Crippen molar-refractivity contribution in [2.24, 2.45) is 5.92 Å². The fourth-order valence-corrected chi connectivity index (χ4v) is 7.55. The van der Waals surface area contributed by atoms with Gasteiger partial charge in [0.2, 0.25) is 0 Å². The van der Waals surface area contributed by atoms with Crippen LogP contribution in [0.15, 0.2) is 10.8 Å². The van der Waals surface area contributed by atoms with E-state index >= 15 is 0 Å². The molecule has 2 aromatic heterocycles. The van der Waals surface area contributed by atoms with Gasteiger partial charge < -0.3 is 30.5 Å². The van der Waals surface area contributed by atoms with Crippen LogP contribution in [0.5, 0.6) is 0 Å². The van der Waals surface area contributed by atoms with Crippen molar-refractivity contribution < 1.29 is 28.4 Å². The van der Waals surface area contributed by atoms with Gasteiger partial charge in [-0.2, -0.15) is 0 Å². The van der Waals surface area contributed by atoms with E-state index in [9.17, 15) is 19.2 Å². The molecule has 2 aliphatic heterocycles. The van der Waals surface area contributed by atoms with Crippen LogP contribution >= 0.6 is 22.7 Å². The number of thiophene rings is 2. The summed E-state index contributed by atoms with van der Waals surface area (Å²) in [5.41, 5.74) is 2.66. The molecular weight excluding hydrogens is 562 g/mol. The first-order valence-corrected chi connectivity index (χ1v) is 16.2. The molecule has 0 saturated carbocycles. The van der Waals surface area contributed by atoms with Crippen molar-refractivity contribution in [1.82, 2.24) is 10.6 Å². The number of carbonyl (C=O) groups excluding carboxylic acids is 4. The van der Waals surface area contributed by atoms with E-state index in [0.29, 0.717) is 51.2 Å². The number of rotatable bonds is 10. The number of ether oxygens (including phenoxy) is 1. The molecule has 4 heterocycles. The number of likely N-dealkylation sites (tertiary alicyclic amines) is 1. The second-order valence-electron chi connectivity index (χ2n) is 11.3. The van der Waals surface area contributed by atoms with Crippen molar-refractivity contribution >= 4 is 57.7 Å². The number of hydrogen-bond donors (Lipinski definition) is 4. The van der Waals surface area contributed by atoms with Crippen LogP contribution in [-0.2, 0) is 14.3 Å². The van der Waals surface area contributed by atoms with Gasteiger partial charge in [0.15, 0.2) is 13.1 Å². The smallest absolute Gasteiger partial charge is 0.350 e. The van der Waals surface area contributed by atoms with Gasteiger partial charge in [-0.25, -0.2) is 4.79 Å². The van der Waals surface area contributed by atoms with Gasteiger partial charge in [0.1, 0.15) is 9.75 Å². The number of nitrogens with zero attached hydrogens (tertiary/aromatic N) is 1. The molecule has 4 N–H and O–H groups in total. The number of aryl methyl sites for hydroxylation is 2. The van der Waals surface area contributed by atoms with Crippen LogP contribution in [0.3, 0.4) is 0 Å². The van der Waals surface area contributed by atoms with Crippen LogP contribution in [0, 0.1) is 19.8 Å². The van der Waals surface area contributed by atoms with Gasteiger partial charge in [0.05, 0.1) is 31.6 Å². The van der Waals surface area contributed by atoms with Crippen molar-refractivity contribution in [3.8, 4) is 0 Å². The predicted molar refractivity (Wildman–Crippen MR) is 163 cm³/mol. The van der Waals surface area contributed by atoms with Gasteiger partial charge in [0, 0.05) is 6.54 Å². The number of carbonyl (C=O) groups is 4. The highest BCUT2D eigenvalue weighted by Crippen LogP contribution is 2.30. The van der Waals surface area contributed by atoms with E-state index in [4.69, 9.17) is 4.74 Å². The minimum absolute atomic E-state index is 0.121. The van der Waals surface area contributed by atoms with Gasteiger partial charge in [-0.3, -0.25) is 14.4 Å². The van der Waals surface area contributed by atoms with E-state index in [1.807, 2.05) is 24.6 Å². The summed E-state index contributed by atoms with van der Waals surface area (Å²) in [5.74, 6) is -0.647. The Bertz CT molecular complexity index is 1240. The molecular formula is C29H42N5O5S2+. The zero-order chi connectivity index (χ0) is 29.4.